The molecular formula is C12H20N2S. The van der Waals surface area contributed by atoms with Crippen molar-refractivity contribution >= 4 is 11.3 Å². The molecule has 1 N–H and O–H groups in total. The highest BCUT2D eigenvalue weighted by atomic mass is 32.1. The number of piperidine rings is 1. The van der Waals surface area contributed by atoms with Gasteiger partial charge in [-0.15, -0.1) is 0 Å². The highest BCUT2D eigenvalue weighted by Gasteiger charge is 2.24. The van der Waals surface area contributed by atoms with Crippen molar-refractivity contribution < 1.29 is 0 Å². The Morgan fingerprint density at radius 2 is 2.47 bits per heavy atom. The Labute approximate surface area is 96.3 Å². The molecule has 0 radical (unpaired) electrons. The van der Waals surface area contributed by atoms with E-state index in [0.717, 1.165) is 12.5 Å². The summed E-state index contributed by atoms with van der Waals surface area (Å²) in [5.41, 5.74) is 1.47. The molecule has 1 aromatic heterocycles. The zero-order valence-electron chi connectivity index (χ0n) is 9.57. The quantitative estimate of drug-likeness (QED) is 0.846. The number of rotatable bonds is 3. The largest absolute Gasteiger partial charge is 0.317 e. The Morgan fingerprint density at radius 1 is 1.60 bits per heavy atom. The second-order valence-electron chi connectivity index (χ2n) is 4.53. The van der Waals surface area contributed by atoms with E-state index in [9.17, 15) is 0 Å². The van der Waals surface area contributed by atoms with Gasteiger partial charge in [0, 0.05) is 19.1 Å². The van der Waals surface area contributed by atoms with Crippen molar-refractivity contribution in [2.45, 2.75) is 25.9 Å². The minimum Gasteiger partial charge on any atom is -0.317 e. The molecule has 0 aliphatic carbocycles. The molecule has 2 heterocycles. The van der Waals surface area contributed by atoms with E-state index in [1.54, 1.807) is 11.3 Å². The van der Waals surface area contributed by atoms with E-state index in [1.807, 2.05) is 0 Å². The molecule has 2 unspecified atom stereocenters. The number of thiophene rings is 1. The summed E-state index contributed by atoms with van der Waals surface area (Å²) >= 11 is 1.80. The predicted octanol–water partition coefficient (Wildman–Crippen LogP) is 2.18. The molecule has 2 rings (SSSR count). The number of hydrogen-bond acceptors (Lipinski definition) is 3. The fourth-order valence-electron chi connectivity index (χ4n) is 2.45. The fraction of sp³-hybridized carbons (Fsp3) is 0.667. The van der Waals surface area contributed by atoms with Crippen molar-refractivity contribution in [3.05, 3.63) is 22.4 Å². The molecule has 0 saturated carbocycles. The lowest BCUT2D eigenvalue weighted by molar-refractivity contribution is 0.145. The van der Waals surface area contributed by atoms with Crippen LogP contribution in [0, 0.1) is 5.92 Å². The van der Waals surface area contributed by atoms with Crippen molar-refractivity contribution in [3.63, 3.8) is 0 Å². The summed E-state index contributed by atoms with van der Waals surface area (Å²) in [5.74, 6) is 0.766. The van der Waals surface area contributed by atoms with E-state index < -0.39 is 0 Å². The average molecular weight is 224 g/mol. The van der Waals surface area contributed by atoms with Crippen LogP contribution in [-0.2, 0) is 6.54 Å². The smallest absolute Gasteiger partial charge is 0.0242 e. The van der Waals surface area contributed by atoms with Gasteiger partial charge in [-0.05, 0) is 48.3 Å². The highest BCUT2D eigenvalue weighted by molar-refractivity contribution is 7.07. The van der Waals surface area contributed by atoms with Crippen molar-refractivity contribution in [1.82, 2.24) is 10.2 Å². The molecule has 0 amide bonds. The lowest BCUT2D eigenvalue weighted by atomic mass is 9.94. The van der Waals surface area contributed by atoms with Crippen LogP contribution < -0.4 is 5.32 Å². The second kappa shape index (κ2) is 5.10. The van der Waals surface area contributed by atoms with Gasteiger partial charge < -0.3 is 5.32 Å². The van der Waals surface area contributed by atoms with Crippen LogP contribution in [0.15, 0.2) is 16.8 Å². The number of nitrogens with one attached hydrogen (secondary N) is 1. The van der Waals surface area contributed by atoms with Crippen LogP contribution >= 0.6 is 11.3 Å². The number of nitrogens with zero attached hydrogens (tertiary/aromatic N) is 1. The summed E-state index contributed by atoms with van der Waals surface area (Å²) in [6.45, 7) is 5.93. The lowest BCUT2D eigenvalue weighted by Gasteiger charge is -2.36. The van der Waals surface area contributed by atoms with Gasteiger partial charge in [-0.25, -0.2) is 0 Å². The Morgan fingerprint density at radius 3 is 3.07 bits per heavy atom. The van der Waals surface area contributed by atoms with Crippen molar-refractivity contribution in [2.24, 2.45) is 5.92 Å². The first-order chi connectivity index (χ1) is 7.29. The third-order valence-electron chi connectivity index (χ3n) is 3.35. The second-order valence-corrected chi connectivity index (χ2v) is 5.31. The Hall–Kier alpha value is -0.380. The van der Waals surface area contributed by atoms with Crippen LogP contribution in [0.1, 0.15) is 18.9 Å². The zero-order chi connectivity index (χ0) is 10.7. The number of likely N-dealkylation sites (tertiary alicyclic amines) is 1. The maximum absolute atomic E-state index is 3.41. The zero-order valence-corrected chi connectivity index (χ0v) is 10.4. The van der Waals surface area contributed by atoms with E-state index in [-0.39, 0.29) is 0 Å². The summed E-state index contributed by atoms with van der Waals surface area (Å²) in [6, 6.07) is 2.95. The Kier molecular flexibility index (Phi) is 3.78. The maximum atomic E-state index is 3.41. The molecular weight excluding hydrogens is 204 g/mol. The molecule has 3 heteroatoms. The van der Waals surface area contributed by atoms with Gasteiger partial charge in [-0.1, -0.05) is 6.92 Å². The van der Waals surface area contributed by atoms with E-state index >= 15 is 0 Å². The minimum atomic E-state index is 0.712. The normalized spacial score (nSPS) is 28.1. The van der Waals surface area contributed by atoms with Crippen LogP contribution in [0.2, 0.25) is 0 Å². The molecule has 1 aliphatic heterocycles. The van der Waals surface area contributed by atoms with E-state index in [0.29, 0.717) is 6.04 Å². The van der Waals surface area contributed by atoms with Crippen LogP contribution in [0.4, 0.5) is 0 Å². The maximum Gasteiger partial charge on any atom is 0.0242 e. The van der Waals surface area contributed by atoms with Gasteiger partial charge in [0.05, 0.1) is 0 Å². The van der Waals surface area contributed by atoms with Gasteiger partial charge in [0.2, 0.25) is 0 Å². The topological polar surface area (TPSA) is 15.3 Å². The first kappa shape index (κ1) is 11.1. The van der Waals surface area contributed by atoms with E-state index in [2.05, 4.69) is 41.0 Å². The molecule has 1 saturated heterocycles. The summed E-state index contributed by atoms with van der Waals surface area (Å²) in [7, 11) is 2.08. The van der Waals surface area contributed by atoms with Gasteiger partial charge in [-0.2, -0.15) is 11.3 Å². The van der Waals surface area contributed by atoms with Crippen LogP contribution in [0.25, 0.3) is 0 Å². The minimum absolute atomic E-state index is 0.712. The van der Waals surface area contributed by atoms with Gasteiger partial charge in [-0.3, -0.25) is 4.90 Å². The Bertz CT molecular complexity index is 284. The lowest BCUT2D eigenvalue weighted by Crippen LogP contribution is -2.46. The van der Waals surface area contributed by atoms with Crippen molar-refractivity contribution in [1.29, 1.82) is 0 Å². The molecule has 0 spiro atoms. The summed E-state index contributed by atoms with van der Waals surface area (Å²) in [4.78, 5) is 2.57. The standard InChI is InChI=1S/C12H20N2S/c1-10-7-14(5-3-12(10)13-2)8-11-4-6-15-9-11/h4,6,9-10,12-13H,3,5,7-8H2,1-2H3. The van der Waals surface area contributed by atoms with Crippen LogP contribution in [0.3, 0.4) is 0 Å². The molecule has 1 aliphatic rings. The van der Waals surface area contributed by atoms with Gasteiger partial charge in [0.1, 0.15) is 0 Å². The summed E-state index contributed by atoms with van der Waals surface area (Å²) in [5, 5.41) is 7.83. The fourth-order valence-corrected chi connectivity index (χ4v) is 3.11. The molecule has 84 valence electrons. The molecule has 0 aromatic carbocycles. The number of hydrogen-bond donors (Lipinski definition) is 1. The Balaban J connectivity index is 1.86. The monoisotopic (exact) mass is 224 g/mol. The molecule has 15 heavy (non-hydrogen) atoms. The first-order valence-electron chi connectivity index (χ1n) is 5.70. The molecule has 1 aromatic rings. The van der Waals surface area contributed by atoms with E-state index in [1.165, 1.54) is 25.1 Å². The van der Waals surface area contributed by atoms with Crippen LogP contribution in [-0.4, -0.2) is 31.1 Å². The molecule has 1 fully saturated rings. The molecule has 0 bridgehead atoms. The third kappa shape index (κ3) is 2.80. The SMILES string of the molecule is CNC1CCN(Cc2ccsc2)CC1C. The average Bonchev–Trinajstić information content (AvgIpc) is 2.71. The molecule has 2 nitrogen and oxygen atoms in total. The third-order valence-corrected chi connectivity index (χ3v) is 4.08. The van der Waals surface area contributed by atoms with Crippen molar-refractivity contribution in [2.75, 3.05) is 20.1 Å². The van der Waals surface area contributed by atoms with Crippen LogP contribution in [0.5, 0.6) is 0 Å². The van der Waals surface area contributed by atoms with Crippen molar-refractivity contribution in [3.8, 4) is 0 Å². The summed E-state index contributed by atoms with van der Waals surface area (Å²) in [6.07, 6.45) is 1.28. The van der Waals surface area contributed by atoms with Gasteiger partial charge >= 0.3 is 0 Å². The predicted molar refractivity (Wildman–Crippen MR) is 66.2 cm³/mol. The van der Waals surface area contributed by atoms with Gasteiger partial charge in [0.15, 0.2) is 0 Å². The highest BCUT2D eigenvalue weighted by Crippen LogP contribution is 2.19. The van der Waals surface area contributed by atoms with Gasteiger partial charge in [0.25, 0.3) is 0 Å². The molecule has 2 atom stereocenters. The van der Waals surface area contributed by atoms with E-state index in [4.69, 9.17) is 0 Å². The summed E-state index contributed by atoms with van der Waals surface area (Å²) < 4.78 is 0. The first-order valence-corrected chi connectivity index (χ1v) is 6.64.